The molecule has 26 heavy (non-hydrogen) atoms. The number of likely N-dealkylation sites (tertiary alicyclic amines) is 1. The summed E-state index contributed by atoms with van der Waals surface area (Å²) in [5.74, 6) is 1.11. The Hall–Kier alpha value is -2.58. The molecular weight excluding hydrogens is 362 g/mol. The van der Waals surface area contributed by atoms with Crippen LogP contribution in [0.5, 0.6) is 5.75 Å². The fourth-order valence-corrected chi connectivity index (χ4v) is 2.80. The van der Waals surface area contributed by atoms with Gasteiger partial charge in [0.05, 0.1) is 17.0 Å². The third-order valence-electron chi connectivity index (χ3n) is 4.18. The van der Waals surface area contributed by atoms with E-state index in [2.05, 4.69) is 0 Å². The van der Waals surface area contributed by atoms with Crippen LogP contribution in [0.15, 0.2) is 41.0 Å². The van der Waals surface area contributed by atoms with Crippen molar-refractivity contribution in [2.24, 2.45) is 5.73 Å². The molecule has 0 atom stereocenters. The smallest absolute Gasteiger partial charge is 0.269 e. The number of hydrogen-bond donors (Lipinski definition) is 1. The molecule has 1 aliphatic rings. The molecule has 2 heterocycles. The highest BCUT2D eigenvalue weighted by molar-refractivity contribution is 5.94. The van der Waals surface area contributed by atoms with Gasteiger partial charge in [0, 0.05) is 38.1 Å². The third-order valence-corrected chi connectivity index (χ3v) is 4.18. The lowest BCUT2D eigenvalue weighted by Crippen LogP contribution is -2.41. The summed E-state index contributed by atoms with van der Waals surface area (Å²) in [6.45, 7) is 1.43. The Labute approximate surface area is 156 Å². The van der Waals surface area contributed by atoms with Gasteiger partial charge >= 0.3 is 0 Å². The molecule has 1 aromatic heterocycles. The maximum atomic E-state index is 12.4. The molecule has 1 saturated heterocycles. The summed E-state index contributed by atoms with van der Waals surface area (Å²) in [5.41, 5.74) is 6.03. The number of rotatable bonds is 5. The van der Waals surface area contributed by atoms with Crippen LogP contribution in [0.4, 0.5) is 5.69 Å². The lowest BCUT2D eigenvalue weighted by Gasteiger charge is -2.32. The highest BCUT2D eigenvalue weighted by atomic mass is 35.5. The van der Waals surface area contributed by atoms with Gasteiger partial charge in [-0.1, -0.05) is 0 Å². The van der Waals surface area contributed by atoms with Crippen molar-refractivity contribution in [3.8, 4) is 5.75 Å². The van der Waals surface area contributed by atoms with Crippen LogP contribution < -0.4 is 10.5 Å². The maximum absolute atomic E-state index is 12.4. The number of amides is 1. The second kappa shape index (κ2) is 8.68. The molecule has 1 amide bonds. The minimum Gasteiger partial charge on any atom is -0.490 e. The van der Waals surface area contributed by atoms with Gasteiger partial charge in [0.1, 0.15) is 23.9 Å². The largest absolute Gasteiger partial charge is 0.490 e. The van der Waals surface area contributed by atoms with Crippen molar-refractivity contribution in [2.75, 3.05) is 13.1 Å². The molecule has 0 aliphatic carbocycles. The lowest BCUT2D eigenvalue weighted by molar-refractivity contribution is -0.384. The molecule has 3 rings (SSSR count). The summed E-state index contributed by atoms with van der Waals surface area (Å²) in [7, 11) is 0. The first-order valence-electron chi connectivity index (χ1n) is 8.04. The Morgan fingerprint density at radius 2 is 1.96 bits per heavy atom. The maximum Gasteiger partial charge on any atom is 0.269 e. The number of hydrogen-bond acceptors (Lipinski definition) is 6. The number of carbonyl (C=O) groups excluding carboxylic acids is 1. The number of furan rings is 1. The fourth-order valence-electron chi connectivity index (χ4n) is 2.80. The number of nitro groups is 1. The van der Waals surface area contributed by atoms with Gasteiger partial charge in [0.25, 0.3) is 11.6 Å². The standard InChI is InChI=1S/C17H19N3O5.ClH/c18-10-16-9-12(11-24-16)17(21)19-7-5-15(6-8-19)25-14-3-1-13(2-4-14)20(22)23;/h1-4,9,11,15H,5-8,10,18H2;1H. The summed E-state index contributed by atoms with van der Waals surface area (Å²) in [5, 5.41) is 10.7. The zero-order valence-corrected chi connectivity index (χ0v) is 14.8. The molecule has 0 radical (unpaired) electrons. The van der Waals surface area contributed by atoms with Crippen LogP contribution in [-0.2, 0) is 6.54 Å². The van der Waals surface area contributed by atoms with E-state index < -0.39 is 4.92 Å². The molecule has 0 saturated carbocycles. The zero-order valence-electron chi connectivity index (χ0n) is 14.0. The SMILES string of the molecule is Cl.NCc1cc(C(=O)N2CCC(Oc3ccc([N+](=O)[O-])cc3)CC2)co1. The van der Waals surface area contributed by atoms with E-state index in [9.17, 15) is 14.9 Å². The highest BCUT2D eigenvalue weighted by Gasteiger charge is 2.25. The average Bonchev–Trinajstić information content (AvgIpc) is 3.11. The predicted molar refractivity (Wildman–Crippen MR) is 96.5 cm³/mol. The van der Waals surface area contributed by atoms with Gasteiger partial charge in [-0.25, -0.2) is 0 Å². The molecule has 2 aromatic rings. The molecule has 8 nitrogen and oxygen atoms in total. The van der Waals surface area contributed by atoms with Crippen LogP contribution >= 0.6 is 12.4 Å². The molecule has 0 bridgehead atoms. The number of non-ortho nitro benzene ring substituents is 1. The molecule has 2 N–H and O–H groups in total. The van der Waals surface area contributed by atoms with E-state index in [1.165, 1.54) is 18.4 Å². The van der Waals surface area contributed by atoms with Gasteiger partial charge < -0.3 is 19.8 Å². The summed E-state index contributed by atoms with van der Waals surface area (Å²) in [4.78, 5) is 24.4. The summed E-state index contributed by atoms with van der Waals surface area (Å²) in [6, 6.07) is 7.69. The quantitative estimate of drug-likeness (QED) is 0.629. The lowest BCUT2D eigenvalue weighted by atomic mass is 10.1. The van der Waals surface area contributed by atoms with Crippen LogP contribution in [0.1, 0.15) is 29.0 Å². The number of nitrogens with zero attached hydrogens (tertiary/aromatic N) is 2. The van der Waals surface area contributed by atoms with Crippen LogP contribution in [0.25, 0.3) is 0 Å². The first kappa shape index (κ1) is 19.7. The monoisotopic (exact) mass is 381 g/mol. The number of nitro benzene ring substituents is 1. The number of nitrogens with two attached hydrogens (primary N) is 1. The normalized spacial score (nSPS) is 14.6. The minimum atomic E-state index is -0.445. The Balaban J connectivity index is 0.00000243. The second-order valence-corrected chi connectivity index (χ2v) is 5.87. The van der Waals surface area contributed by atoms with Crippen molar-refractivity contribution in [2.45, 2.75) is 25.5 Å². The predicted octanol–water partition coefficient (Wildman–Crippen LogP) is 2.75. The first-order chi connectivity index (χ1) is 12.1. The van der Waals surface area contributed by atoms with Gasteiger partial charge in [0.15, 0.2) is 0 Å². The summed E-state index contributed by atoms with van der Waals surface area (Å²) < 4.78 is 11.1. The van der Waals surface area contributed by atoms with E-state index in [1.54, 1.807) is 23.1 Å². The van der Waals surface area contributed by atoms with Crippen LogP contribution in [-0.4, -0.2) is 34.9 Å². The molecular formula is C17H20ClN3O5. The van der Waals surface area contributed by atoms with Gasteiger partial charge in [-0.3, -0.25) is 14.9 Å². The van der Waals surface area contributed by atoms with E-state index >= 15 is 0 Å². The molecule has 0 unspecified atom stereocenters. The van der Waals surface area contributed by atoms with E-state index in [1.807, 2.05) is 0 Å². The van der Waals surface area contributed by atoms with E-state index in [0.29, 0.717) is 43.0 Å². The molecule has 0 spiro atoms. The number of benzene rings is 1. The Kier molecular flexibility index (Phi) is 6.59. The molecule has 1 aromatic carbocycles. The molecule has 9 heteroatoms. The molecule has 140 valence electrons. The van der Waals surface area contributed by atoms with Crippen molar-refractivity contribution in [3.63, 3.8) is 0 Å². The van der Waals surface area contributed by atoms with Gasteiger partial charge in [0.2, 0.25) is 0 Å². The third kappa shape index (κ3) is 4.53. The second-order valence-electron chi connectivity index (χ2n) is 5.87. The van der Waals surface area contributed by atoms with Crippen LogP contribution in [0.3, 0.4) is 0 Å². The average molecular weight is 382 g/mol. The van der Waals surface area contributed by atoms with Crippen molar-refractivity contribution in [1.82, 2.24) is 4.90 Å². The van der Waals surface area contributed by atoms with Crippen LogP contribution in [0, 0.1) is 10.1 Å². The summed E-state index contributed by atoms with van der Waals surface area (Å²) in [6.07, 6.45) is 2.81. The summed E-state index contributed by atoms with van der Waals surface area (Å²) >= 11 is 0. The number of halogens is 1. The van der Waals surface area contributed by atoms with Crippen molar-refractivity contribution in [3.05, 3.63) is 58.0 Å². The Morgan fingerprint density at radius 1 is 1.31 bits per heavy atom. The highest BCUT2D eigenvalue weighted by Crippen LogP contribution is 2.23. The van der Waals surface area contributed by atoms with Crippen molar-refractivity contribution in [1.29, 1.82) is 0 Å². The first-order valence-corrected chi connectivity index (χ1v) is 8.04. The van der Waals surface area contributed by atoms with Crippen LogP contribution in [0.2, 0.25) is 0 Å². The number of carbonyl (C=O) groups is 1. The minimum absolute atomic E-state index is 0. The van der Waals surface area contributed by atoms with E-state index in [-0.39, 0.29) is 36.7 Å². The van der Waals surface area contributed by atoms with Crippen molar-refractivity contribution < 1.29 is 18.9 Å². The van der Waals surface area contributed by atoms with Gasteiger partial charge in [-0.15, -0.1) is 12.4 Å². The molecule has 1 aliphatic heterocycles. The Bertz CT molecular complexity index is 754. The topological polar surface area (TPSA) is 112 Å². The zero-order chi connectivity index (χ0) is 17.8. The van der Waals surface area contributed by atoms with Gasteiger partial charge in [-0.2, -0.15) is 0 Å². The van der Waals surface area contributed by atoms with Gasteiger partial charge in [-0.05, 0) is 18.2 Å². The number of ether oxygens (including phenoxy) is 1. The van der Waals surface area contributed by atoms with E-state index in [4.69, 9.17) is 14.9 Å². The van der Waals surface area contributed by atoms with E-state index in [0.717, 1.165) is 0 Å². The Morgan fingerprint density at radius 3 is 2.50 bits per heavy atom. The molecule has 1 fully saturated rings. The fraction of sp³-hybridized carbons (Fsp3) is 0.353. The number of piperidine rings is 1. The van der Waals surface area contributed by atoms with Crippen molar-refractivity contribution >= 4 is 24.0 Å².